The Balaban J connectivity index is 1.65. The van der Waals surface area contributed by atoms with Crippen LogP contribution in [-0.4, -0.2) is 25.7 Å². The van der Waals surface area contributed by atoms with Crippen molar-refractivity contribution in [1.29, 1.82) is 0 Å². The first-order valence-corrected chi connectivity index (χ1v) is 9.39. The van der Waals surface area contributed by atoms with Crippen molar-refractivity contribution in [1.82, 2.24) is 10.6 Å². The molecule has 118 valence electrons. The molecule has 0 aromatic carbocycles. The summed E-state index contributed by atoms with van der Waals surface area (Å²) < 4.78 is 0. The summed E-state index contributed by atoms with van der Waals surface area (Å²) in [6.07, 6.45) is 18.8. The van der Waals surface area contributed by atoms with Gasteiger partial charge in [0.2, 0.25) is 0 Å². The molecule has 1 aliphatic carbocycles. The van der Waals surface area contributed by atoms with Crippen LogP contribution in [0.4, 0.5) is 0 Å². The van der Waals surface area contributed by atoms with E-state index in [2.05, 4.69) is 10.6 Å². The molecule has 0 unspecified atom stereocenters. The summed E-state index contributed by atoms with van der Waals surface area (Å²) in [7, 11) is 0. The lowest BCUT2D eigenvalue weighted by atomic mass is 9.95. The van der Waals surface area contributed by atoms with Crippen molar-refractivity contribution in [2.75, 3.05) is 19.6 Å². The molecule has 0 aromatic rings. The highest BCUT2D eigenvalue weighted by molar-refractivity contribution is 4.74. The molecular formula is C18H36N2. The molecule has 1 saturated heterocycles. The summed E-state index contributed by atoms with van der Waals surface area (Å²) in [5.41, 5.74) is 0. The standard InChI is InChI=1S/C18H36N2/c1-2-4-6-8-10-18(11-9-7-5-3-1)20-16-17-12-14-19-15-13-17/h17-20H,1-16H2. The molecule has 2 rings (SSSR count). The van der Waals surface area contributed by atoms with Gasteiger partial charge in [0.1, 0.15) is 0 Å². The highest BCUT2D eigenvalue weighted by Crippen LogP contribution is 2.18. The van der Waals surface area contributed by atoms with Crippen molar-refractivity contribution in [2.24, 2.45) is 5.92 Å². The fraction of sp³-hybridized carbons (Fsp3) is 1.00. The molecular weight excluding hydrogens is 244 g/mol. The van der Waals surface area contributed by atoms with Gasteiger partial charge in [0.25, 0.3) is 0 Å². The Morgan fingerprint density at radius 2 is 1.15 bits per heavy atom. The van der Waals surface area contributed by atoms with E-state index < -0.39 is 0 Å². The van der Waals surface area contributed by atoms with Gasteiger partial charge in [0.15, 0.2) is 0 Å². The second kappa shape index (κ2) is 10.6. The van der Waals surface area contributed by atoms with Crippen LogP contribution in [0.2, 0.25) is 0 Å². The zero-order valence-corrected chi connectivity index (χ0v) is 13.5. The second-order valence-corrected chi connectivity index (χ2v) is 7.06. The van der Waals surface area contributed by atoms with Crippen LogP contribution in [0.5, 0.6) is 0 Å². The summed E-state index contributed by atoms with van der Waals surface area (Å²) in [4.78, 5) is 0. The van der Waals surface area contributed by atoms with Crippen molar-refractivity contribution in [3.05, 3.63) is 0 Å². The van der Waals surface area contributed by atoms with Crippen LogP contribution in [0, 0.1) is 5.92 Å². The lowest BCUT2D eigenvalue weighted by Crippen LogP contribution is -2.38. The van der Waals surface area contributed by atoms with Gasteiger partial charge in [-0.15, -0.1) is 0 Å². The molecule has 0 atom stereocenters. The Morgan fingerprint density at radius 1 is 0.650 bits per heavy atom. The average molecular weight is 280 g/mol. The molecule has 0 bridgehead atoms. The van der Waals surface area contributed by atoms with E-state index in [0.29, 0.717) is 0 Å². The minimum Gasteiger partial charge on any atom is -0.317 e. The van der Waals surface area contributed by atoms with Gasteiger partial charge >= 0.3 is 0 Å². The lowest BCUT2D eigenvalue weighted by Gasteiger charge is -2.26. The molecule has 20 heavy (non-hydrogen) atoms. The van der Waals surface area contributed by atoms with Gasteiger partial charge in [0.05, 0.1) is 0 Å². The van der Waals surface area contributed by atoms with Gasteiger partial charge in [-0.25, -0.2) is 0 Å². The van der Waals surface area contributed by atoms with Crippen LogP contribution in [-0.2, 0) is 0 Å². The van der Waals surface area contributed by atoms with Gasteiger partial charge in [-0.05, 0) is 51.2 Å². The minimum absolute atomic E-state index is 0.810. The summed E-state index contributed by atoms with van der Waals surface area (Å²) in [5.74, 6) is 0.928. The van der Waals surface area contributed by atoms with Crippen molar-refractivity contribution in [3.63, 3.8) is 0 Å². The zero-order chi connectivity index (χ0) is 13.9. The van der Waals surface area contributed by atoms with Crippen LogP contribution >= 0.6 is 0 Å². The summed E-state index contributed by atoms with van der Waals surface area (Å²) in [5, 5.41) is 7.39. The van der Waals surface area contributed by atoms with Gasteiger partial charge < -0.3 is 10.6 Å². The van der Waals surface area contributed by atoms with E-state index in [1.807, 2.05) is 0 Å². The van der Waals surface area contributed by atoms with Crippen LogP contribution in [0.3, 0.4) is 0 Å². The van der Waals surface area contributed by atoms with E-state index >= 15 is 0 Å². The van der Waals surface area contributed by atoms with Crippen molar-refractivity contribution < 1.29 is 0 Å². The summed E-state index contributed by atoms with van der Waals surface area (Å²) in [6, 6.07) is 0.810. The zero-order valence-electron chi connectivity index (χ0n) is 13.5. The van der Waals surface area contributed by atoms with Crippen molar-refractivity contribution in [2.45, 2.75) is 89.5 Å². The SMILES string of the molecule is C1CCCCCC(NCC2CCNCC2)CCCCC1. The highest BCUT2D eigenvalue weighted by atomic mass is 14.9. The van der Waals surface area contributed by atoms with E-state index in [1.165, 1.54) is 103 Å². The molecule has 2 heteroatoms. The topological polar surface area (TPSA) is 24.1 Å². The third-order valence-corrected chi connectivity index (χ3v) is 5.26. The smallest absolute Gasteiger partial charge is 0.00671 e. The second-order valence-electron chi connectivity index (χ2n) is 7.06. The van der Waals surface area contributed by atoms with E-state index in [1.54, 1.807) is 0 Å². The molecule has 2 aliphatic rings. The Kier molecular flexibility index (Phi) is 8.65. The largest absolute Gasteiger partial charge is 0.317 e. The third-order valence-electron chi connectivity index (χ3n) is 5.26. The molecule has 1 aliphatic heterocycles. The van der Waals surface area contributed by atoms with E-state index in [4.69, 9.17) is 0 Å². The van der Waals surface area contributed by atoms with Gasteiger partial charge in [-0.2, -0.15) is 0 Å². The molecule has 2 N–H and O–H groups in total. The number of hydrogen-bond donors (Lipinski definition) is 2. The maximum Gasteiger partial charge on any atom is 0.00671 e. The molecule has 2 fully saturated rings. The van der Waals surface area contributed by atoms with Crippen molar-refractivity contribution in [3.8, 4) is 0 Å². The van der Waals surface area contributed by atoms with Gasteiger partial charge in [-0.1, -0.05) is 57.8 Å². The van der Waals surface area contributed by atoms with Crippen LogP contribution < -0.4 is 10.6 Å². The first kappa shape index (κ1) is 16.3. The molecule has 0 aromatic heterocycles. The molecule has 0 amide bonds. The predicted octanol–water partition coefficient (Wildman–Crippen LogP) is 4.25. The fourth-order valence-electron chi connectivity index (χ4n) is 3.79. The Bertz CT molecular complexity index is 211. The Morgan fingerprint density at radius 3 is 1.70 bits per heavy atom. The normalized spacial score (nSPS) is 25.8. The van der Waals surface area contributed by atoms with Crippen LogP contribution in [0.25, 0.3) is 0 Å². The fourth-order valence-corrected chi connectivity index (χ4v) is 3.79. The lowest BCUT2D eigenvalue weighted by molar-refractivity contribution is 0.320. The monoisotopic (exact) mass is 280 g/mol. The Labute approximate surface area is 126 Å². The number of piperidine rings is 1. The third kappa shape index (κ3) is 7.08. The molecule has 0 spiro atoms. The number of nitrogens with one attached hydrogen (secondary N) is 2. The van der Waals surface area contributed by atoms with Gasteiger partial charge in [-0.3, -0.25) is 0 Å². The molecule has 1 heterocycles. The van der Waals surface area contributed by atoms with Crippen LogP contribution in [0.15, 0.2) is 0 Å². The maximum atomic E-state index is 3.92. The number of rotatable bonds is 3. The van der Waals surface area contributed by atoms with E-state index in [-0.39, 0.29) is 0 Å². The predicted molar refractivity (Wildman–Crippen MR) is 88.2 cm³/mol. The highest BCUT2D eigenvalue weighted by Gasteiger charge is 2.15. The molecule has 2 nitrogen and oxygen atoms in total. The van der Waals surface area contributed by atoms with E-state index in [0.717, 1.165) is 12.0 Å². The van der Waals surface area contributed by atoms with E-state index in [9.17, 15) is 0 Å². The van der Waals surface area contributed by atoms with Crippen LogP contribution in [0.1, 0.15) is 83.5 Å². The van der Waals surface area contributed by atoms with Gasteiger partial charge in [0, 0.05) is 6.04 Å². The average Bonchev–Trinajstić information content (AvgIpc) is 2.48. The summed E-state index contributed by atoms with van der Waals surface area (Å²) in [6.45, 7) is 3.74. The minimum atomic E-state index is 0.810. The Hall–Kier alpha value is -0.0800. The first-order valence-electron chi connectivity index (χ1n) is 9.39. The molecule has 0 radical (unpaired) electrons. The molecule has 1 saturated carbocycles. The quantitative estimate of drug-likeness (QED) is 0.807. The number of hydrogen-bond acceptors (Lipinski definition) is 2. The summed E-state index contributed by atoms with van der Waals surface area (Å²) >= 11 is 0. The maximum absolute atomic E-state index is 3.92. The first-order chi connectivity index (χ1) is 9.95. The van der Waals surface area contributed by atoms with Crippen molar-refractivity contribution >= 4 is 0 Å².